The fourth-order valence-corrected chi connectivity index (χ4v) is 4.00. The van der Waals surface area contributed by atoms with Crippen LogP contribution in [0.4, 0.5) is 20.5 Å². The van der Waals surface area contributed by atoms with E-state index in [4.69, 9.17) is 4.74 Å². The van der Waals surface area contributed by atoms with Crippen LogP contribution in [-0.4, -0.2) is 68.2 Å². The smallest absolute Gasteiger partial charge is 0.240 e. The van der Waals surface area contributed by atoms with Crippen molar-refractivity contribution in [1.82, 2.24) is 29.5 Å². The first-order chi connectivity index (χ1) is 17.5. The topological polar surface area (TPSA) is 110 Å². The van der Waals surface area contributed by atoms with E-state index in [1.807, 2.05) is 4.90 Å². The summed E-state index contributed by atoms with van der Waals surface area (Å²) >= 11 is 0. The van der Waals surface area contributed by atoms with E-state index in [9.17, 15) is 13.6 Å². The number of anilines is 2. The first kappa shape index (κ1) is 23.7. The van der Waals surface area contributed by atoms with Crippen LogP contribution in [0.25, 0.3) is 16.9 Å². The predicted octanol–water partition coefficient (Wildman–Crippen LogP) is 3.40. The lowest BCUT2D eigenvalue weighted by atomic mass is 10.1. The Bertz CT molecular complexity index is 1400. The van der Waals surface area contributed by atoms with Crippen LogP contribution in [0.15, 0.2) is 48.9 Å². The van der Waals surface area contributed by atoms with Gasteiger partial charge in [-0.15, -0.1) is 0 Å². The van der Waals surface area contributed by atoms with Gasteiger partial charge in [-0.3, -0.25) is 15.0 Å². The van der Waals surface area contributed by atoms with Crippen LogP contribution in [0.1, 0.15) is 21.4 Å². The first-order valence-corrected chi connectivity index (χ1v) is 11.5. The fraction of sp³-hybridized carbons (Fsp3) is 0.292. The minimum absolute atomic E-state index is 0. The highest BCUT2D eigenvalue weighted by molar-refractivity contribution is 5.91. The van der Waals surface area contributed by atoms with E-state index in [1.165, 1.54) is 12.1 Å². The van der Waals surface area contributed by atoms with Gasteiger partial charge >= 0.3 is 0 Å². The van der Waals surface area contributed by atoms with Crippen LogP contribution in [0.5, 0.6) is 0 Å². The van der Waals surface area contributed by atoms with Gasteiger partial charge < -0.3 is 10.1 Å². The summed E-state index contributed by atoms with van der Waals surface area (Å²) in [5.41, 5.74) is 1.94. The molecule has 0 saturated carbocycles. The van der Waals surface area contributed by atoms with E-state index in [0.29, 0.717) is 49.0 Å². The molecule has 3 aromatic heterocycles. The minimum Gasteiger partial charge on any atom is -0.379 e. The molecule has 36 heavy (non-hydrogen) atoms. The van der Waals surface area contributed by atoms with Gasteiger partial charge in [0.1, 0.15) is 17.5 Å². The monoisotopic (exact) mass is 498 g/mol. The van der Waals surface area contributed by atoms with Crippen molar-refractivity contribution in [3.63, 3.8) is 0 Å². The molecule has 2 N–H and O–H groups in total. The van der Waals surface area contributed by atoms with E-state index in [2.05, 4.69) is 30.7 Å². The lowest BCUT2D eigenvalue weighted by molar-refractivity contribution is -0.118. The molecule has 1 aliphatic heterocycles. The molecule has 1 aromatic carbocycles. The van der Waals surface area contributed by atoms with Crippen molar-refractivity contribution >= 4 is 23.3 Å². The predicted molar refractivity (Wildman–Crippen MR) is 133 cm³/mol. The SMILES string of the molecule is C[C@H](Nc1cc(-c2cnn3cccnc23)nc(NC(=O)CN2CCOCC2)n1)c1ccc(F)cc1F.[HH].[HH]. The summed E-state index contributed by atoms with van der Waals surface area (Å²) in [5.74, 6) is -1.17. The molecule has 1 saturated heterocycles. The molecule has 0 radical (unpaired) electrons. The Morgan fingerprint density at radius 2 is 2.06 bits per heavy atom. The van der Waals surface area contributed by atoms with Gasteiger partial charge in [-0.2, -0.15) is 10.1 Å². The zero-order chi connectivity index (χ0) is 25.1. The third-order valence-electron chi connectivity index (χ3n) is 5.80. The number of ether oxygens (including phenoxy) is 1. The number of nitrogens with zero attached hydrogens (tertiary/aromatic N) is 6. The lowest BCUT2D eigenvalue weighted by Crippen LogP contribution is -2.41. The van der Waals surface area contributed by atoms with Gasteiger partial charge in [0.15, 0.2) is 5.65 Å². The number of carbonyl (C=O) groups is 1. The van der Waals surface area contributed by atoms with Gasteiger partial charge in [0.25, 0.3) is 0 Å². The van der Waals surface area contributed by atoms with E-state index >= 15 is 0 Å². The normalized spacial score (nSPS) is 15.1. The number of hydrogen-bond acceptors (Lipinski definition) is 8. The number of hydrogen-bond donors (Lipinski definition) is 2. The maximum atomic E-state index is 14.4. The zero-order valence-electron chi connectivity index (χ0n) is 19.5. The summed E-state index contributed by atoms with van der Waals surface area (Å²) in [6.07, 6.45) is 5.03. The average Bonchev–Trinajstić information content (AvgIpc) is 3.28. The van der Waals surface area contributed by atoms with Crippen molar-refractivity contribution < 1.29 is 21.2 Å². The highest BCUT2D eigenvalue weighted by Crippen LogP contribution is 2.27. The van der Waals surface area contributed by atoms with Gasteiger partial charge in [0.05, 0.1) is 43.3 Å². The highest BCUT2D eigenvalue weighted by atomic mass is 19.1. The maximum Gasteiger partial charge on any atom is 0.240 e. The van der Waals surface area contributed by atoms with Gasteiger partial charge in [-0.25, -0.2) is 23.3 Å². The fourth-order valence-electron chi connectivity index (χ4n) is 4.00. The van der Waals surface area contributed by atoms with Gasteiger partial charge in [-0.1, -0.05) is 6.07 Å². The Hall–Kier alpha value is -4.03. The second-order valence-corrected chi connectivity index (χ2v) is 8.38. The van der Waals surface area contributed by atoms with Gasteiger partial charge in [0, 0.05) is 46.0 Å². The Morgan fingerprint density at radius 1 is 1.22 bits per heavy atom. The van der Waals surface area contributed by atoms with Crippen LogP contribution in [0.3, 0.4) is 0 Å². The van der Waals surface area contributed by atoms with E-state index in [1.54, 1.807) is 42.2 Å². The number of aromatic nitrogens is 5. The third-order valence-corrected chi connectivity index (χ3v) is 5.80. The van der Waals surface area contributed by atoms with Crippen LogP contribution in [0, 0.1) is 11.6 Å². The number of nitrogens with one attached hydrogen (secondary N) is 2. The standard InChI is InChI=1S/C24H24F2N8O2.2H2/c1-15(17-4-3-16(25)11-19(17)26)29-21-12-20(18-13-28-34-6-2-5-27-23(18)34)30-24(31-21)32-22(35)14-33-7-9-36-10-8-33;;/h2-6,11-13,15H,7-10,14H2,1H3,(H2,29,30,31,32,35);2*1H/t15-;;/m0../s1. The molecule has 190 valence electrons. The number of halogens is 2. The van der Waals surface area contributed by atoms with Gasteiger partial charge in [-0.05, 0) is 19.1 Å². The summed E-state index contributed by atoms with van der Waals surface area (Å²) in [5, 5.41) is 10.2. The molecule has 10 nitrogen and oxygen atoms in total. The van der Waals surface area contributed by atoms with E-state index in [-0.39, 0.29) is 26.8 Å². The van der Waals surface area contributed by atoms with Crippen molar-refractivity contribution in [2.24, 2.45) is 0 Å². The molecule has 0 spiro atoms. The Balaban J connectivity index is 0.00000200. The quantitative estimate of drug-likeness (QED) is 0.399. The minimum atomic E-state index is -0.671. The van der Waals surface area contributed by atoms with Crippen LogP contribution < -0.4 is 10.6 Å². The molecule has 4 aromatic rings. The molecule has 12 heteroatoms. The van der Waals surface area contributed by atoms with Crippen molar-refractivity contribution in [2.75, 3.05) is 43.5 Å². The largest absolute Gasteiger partial charge is 0.379 e. The van der Waals surface area contributed by atoms with Crippen LogP contribution >= 0.6 is 0 Å². The Labute approximate surface area is 208 Å². The molecule has 1 atom stereocenters. The maximum absolute atomic E-state index is 14.4. The summed E-state index contributed by atoms with van der Waals surface area (Å²) in [4.78, 5) is 28.0. The molecular formula is C24H28F2N8O2. The van der Waals surface area contributed by atoms with E-state index < -0.39 is 17.7 Å². The summed E-state index contributed by atoms with van der Waals surface area (Å²) < 4.78 is 34.7. The first-order valence-electron chi connectivity index (χ1n) is 11.5. The summed E-state index contributed by atoms with van der Waals surface area (Å²) in [7, 11) is 0. The van der Waals surface area contributed by atoms with Crippen molar-refractivity contribution in [3.8, 4) is 11.3 Å². The number of fused-ring (bicyclic) bond motifs is 1. The molecule has 1 fully saturated rings. The van der Waals surface area contributed by atoms with E-state index in [0.717, 1.165) is 6.07 Å². The average molecular weight is 499 g/mol. The molecular weight excluding hydrogens is 470 g/mol. The number of carbonyl (C=O) groups excluding carboxylic acids is 1. The number of morpholine rings is 1. The zero-order valence-corrected chi connectivity index (χ0v) is 19.5. The molecule has 1 aliphatic rings. The molecule has 5 rings (SSSR count). The number of amides is 1. The second-order valence-electron chi connectivity index (χ2n) is 8.38. The Kier molecular flexibility index (Phi) is 6.78. The molecule has 4 heterocycles. The van der Waals surface area contributed by atoms with Crippen LogP contribution in [-0.2, 0) is 9.53 Å². The van der Waals surface area contributed by atoms with Crippen molar-refractivity contribution in [3.05, 3.63) is 66.1 Å². The highest BCUT2D eigenvalue weighted by Gasteiger charge is 2.19. The number of benzene rings is 1. The molecule has 0 bridgehead atoms. The summed E-state index contributed by atoms with van der Waals surface area (Å²) in [6, 6.07) is 6.29. The lowest BCUT2D eigenvalue weighted by Gasteiger charge is -2.25. The Morgan fingerprint density at radius 3 is 2.86 bits per heavy atom. The van der Waals surface area contributed by atoms with Gasteiger partial charge in [0.2, 0.25) is 11.9 Å². The third kappa shape index (κ3) is 5.29. The molecule has 0 aliphatic carbocycles. The number of rotatable bonds is 7. The second kappa shape index (κ2) is 10.3. The van der Waals surface area contributed by atoms with Crippen molar-refractivity contribution in [1.29, 1.82) is 0 Å². The molecule has 1 amide bonds. The summed E-state index contributed by atoms with van der Waals surface area (Å²) in [6.45, 7) is 4.38. The van der Waals surface area contributed by atoms with Crippen molar-refractivity contribution in [2.45, 2.75) is 13.0 Å². The molecule has 0 unspecified atom stereocenters. The van der Waals surface area contributed by atoms with Crippen LogP contribution in [0.2, 0.25) is 0 Å².